The van der Waals surface area contributed by atoms with Gasteiger partial charge in [-0.2, -0.15) is 0 Å². The van der Waals surface area contributed by atoms with Gasteiger partial charge in [0.15, 0.2) is 0 Å². The van der Waals surface area contributed by atoms with Gasteiger partial charge >= 0.3 is 0 Å². The number of halogens is 1. The van der Waals surface area contributed by atoms with Crippen molar-refractivity contribution in [3.05, 3.63) is 28.8 Å². The molecule has 0 radical (unpaired) electrons. The molecule has 0 aromatic heterocycles. The lowest BCUT2D eigenvalue weighted by Crippen LogP contribution is -2.33. The molecule has 1 N–H and O–H groups in total. The summed E-state index contributed by atoms with van der Waals surface area (Å²) in [6.07, 6.45) is 2.75. The first-order valence-electron chi connectivity index (χ1n) is 4.72. The molecular formula is C11H13ClO2. The van der Waals surface area contributed by atoms with Crippen LogP contribution in [0.4, 0.5) is 0 Å². The van der Waals surface area contributed by atoms with Crippen LogP contribution < -0.4 is 4.74 Å². The number of hydrogen-bond donors (Lipinski definition) is 1. The van der Waals surface area contributed by atoms with Gasteiger partial charge in [-0.15, -0.1) is 0 Å². The minimum Gasteiger partial charge on any atom is -0.495 e. The lowest BCUT2D eigenvalue weighted by Gasteiger charge is -2.37. The molecule has 0 saturated heterocycles. The third-order valence-electron chi connectivity index (χ3n) is 2.87. The number of ether oxygens (including phenoxy) is 1. The highest BCUT2D eigenvalue weighted by Gasteiger charge is 2.36. The maximum Gasteiger partial charge on any atom is 0.137 e. The molecule has 0 bridgehead atoms. The summed E-state index contributed by atoms with van der Waals surface area (Å²) in [5.41, 5.74) is 0.266. The highest BCUT2D eigenvalue weighted by molar-refractivity contribution is 6.32. The predicted octanol–water partition coefficient (Wildman–Crippen LogP) is 2.72. The van der Waals surface area contributed by atoms with Crippen molar-refractivity contribution in [1.82, 2.24) is 0 Å². The maximum absolute atomic E-state index is 10.1. The molecule has 0 aliphatic heterocycles. The molecule has 0 spiro atoms. The van der Waals surface area contributed by atoms with Crippen LogP contribution in [0.2, 0.25) is 5.02 Å². The van der Waals surface area contributed by atoms with E-state index in [4.69, 9.17) is 16.3 Å². The topological polar surface area (TPSA) is 29.5 Å². The molecule has 1 aliphatic rings. The first kappa shape index (κ1) is 9.81. The lowest BCUT2D eigenvalue weighted by molar-refractivity contribution is -0.0389. The van der Waals surface area contributed by atoms with Crippen LogP contribution in [0.1, 0.15) is 24.8 Å². The SMILES string of the molecule is COc1cc(C2(O)CCC2)ccc1Cl. The number of methoxy groups -OCH3 is 1. The van der Waals surface area contributed by atoms with E-state index in [0.29, 0.717) is 10.8 Å². The Hall–Kier alpha value is -0.730. The Morgan fingerprint density at radius 3 is 2.64 bits per heavy atom. The van der Waals surface area contributed by atoms with Crippen LogP contribution in [0.25, 0.3) is 0 Å². The van der Waals surface area contributed by atoms with Crippen LogP contribution in [-0.4, -0.2) is 12.2 Å². The van der Waals surface area contributed by atoms with Crippen LogP contribution in [0.3, 0.4) is 0 Å². The van der Waals surface area contributed by atoms with E-state index >= 15 is 0 Å². The van der Waals surface area contributed by atoms with Crippen molar-refractivity contribution in [3.63, 3.8) is 0 Å². The van der Waals surface area contributed by atoms with Gasteiger partial charge < -0.3 is 9.84 Å². The monoisotopic (exact) mass is 212 g/mol. The van der Waals surface area contributed by atoms with Gasteiger partial charge in [0.2, 0.25) is 0 Å². The fourth-order valence-corrected chi connectivity index (χ4v) is 1.94. The van der Waals surface area contributed by atoms with Crippen molar-refractivity contribution in [2.75, 3.05) is 7.11 Å². The summed E-state index contributed by atoms with van der Waals surface area (Å²) in [6, 6.07) is 5.46. The molecule has 0 heterocycles. The largest absolute Gasteiger partial charge is 0.495 e. The summed E-state index contributed by atoms with van der Waals surface area (Å²) in [7, 11) is 1.58. The molecule has 1 aliphatic carbocycles. The zero-order valence-electron chi connectivity index (χ0n) is 8.09. The molecule has 14 heavy (non-hydrogen) atoms. The molecule has 1 saturated carbocycles. The molecule has 0 atom stereocenters. The zero-order chi connectivity index (χ0) is 10.2. The normalized spacial score (nSPS) is 18.8. The van der Waals surface area contributed by atoms with Crippen LogP contribution in [-0.2, 0) is 5.60 Å². The minimum atomic E-state index is -0.641. The Morgan fingerprint density at radius 1 is 1.43 bits per heavy atom. The van der Waals surface area contributed by atoms with Crippen molar-refractivity contribution >= 4 is 11.6 Å². The van der Waals surface area contributed by atoms with Gasteiger partial charge in [0.1, 0.15) is 5.75 Å². The number of rotatable bonds is 2. The van der Waals surface area contributed by atoms with Crippen LogP contribution in [0.5, 0.6) is 5.75 Å². The molecule has 3 heteroatoms. The van der Waals surface area contributed by atoms with Crippen LogP contribution in [0, 0.1) is 0 Å². The fourth-order valence-electron chi connectivity index (χ4n) is 1.75. The Morgan fingerprint density at radius 2 is 2.14 bits per heavy atom. The second-order valence-corrected chi connectivity index (χ2v) is 4.14. The van der Waals surface area contributed by atoms with Crippen molar-refractivity contribution in [1.29, 1.82) is 0 Å². The van der Waals surface area contributed by atoms with Crippen molar-refractivity contribution in [2.24, 2.45) is 0 Å². The standard InChI is InChI=1S/C11H13ClO2/c1-14-10-7-8(3-4-9(10)12)11(13)5-2-6-11/h3-4,7,13H,2,5-6H2,1H3. The van der Waals surface area contributed by atoms with Gasteiger partial charge in [-0.05, 0) is 37.0 Å². The summed E-state index contributed by atoms with van der Waals surface area (Å²) >= 11 is 5.90. The molecule has 76 valence electrons. The Balaban J connectivity index is 2.35. The summed E-state index contributed by atoms with van der Waals surface area (Å²) < 4.78 is 5.11. The van der Waals surface area contributed by atoms with E-state index in [-0.39, 0.29) is 0 Å². The fraction of sp³-hybridized carbons (Fsp3) is 0.455. The number of aliphatic hydroxyl groups is 1. The smallest absolute Gasteiger partial charge is 0.137 e. The van der Waals surface area contributed by atoms with Gasteiger partial charge in [0.25, 0.3) is 0 Å². The third kappa shape index (κ3) is 1.49. The van der Waals surface area contributed by atoms with Crippen molar-refractivity contribution in [3.8, 4) is 5.75 Å². The first-order valence-corrected chi connectivity index (χ1v) is 5.10. The van der Waals surface area contributed by atoms with Gasteiger partial charge in [-0.3, -0.25) is 0 Å². The second kappa shape index (κ2) is 3.44. The Bertz CT molecular complexity index is 345. The van der Waals surface area contributed by atoms with E-state index in [0.717, 1.165) is 24.8 Å². The summed E-state index contributed by atoms with van der Waals surface area (Å²) in [4.78, 5) is 0. The molecule has 1 aromatic carbocycles. The average molecular weight is 213 g/mol. The van der Waals surface area contributed by atoms with Crippen LogP contribution >= 0.6 is 11.6 Å². The van der Waals surface area contributed by atoms with E-state index in [2.05, 4.69) is 0 Å². The zero-order valence-corrected chi connectivity index (χ0v) is 8.84. The molecular weight excluding hydrogens is 200 g/mol. The molecule has 2 rings (SSSR count). The van der Waals surface area contributed by atoms with Gasteiger partial charge in [-0.25, -0.2) is 0 Å². The second-order valence-electron chi connectivity index (χ2n) is 3.73. The van der Waals surface area contributed by atoms with E-state index < -0.39 is 5.60 Å². The highest BCUT2D eigenvalue weighted by atomic mass is 35.5. The quantitative estimate of drug-likeness (QED) is 0.817. The Kier molecular flexibility index (Phi) is 2.41. The van der Waals surface area contributed by atoms with E-state index in [9.17, 15) is 5.11 Å². The van der Waals surface area contributed by atoms with Crippen molar-refractivity contribution in [2.45, 2.75) is 24.9 Å². The minimum absolute atomic E-state index is 0.583. The lowest BCUT2D eigenvalue weighted by atomic mass is 9.75. The summed E-state index contributed by atoms with van der Waals surface area (Å²) in [6.45, 7) is 0. The Labute approximate surface area is 88.5 Å². The van der Waals surface area contributed by atoms with E-state index in [1.54, 1.807) is 13.2 Å². The molecule has 2 nitrogen and oxygen atoms in total. The maximum atomic E-state index is 10.1. The summed E-state index contributed by atoms with van der Waals surface area (Å²) in [5.74, 6) is 0.629. The summed E-state index contributed by atoms with van der Waals surface area (Å²) in [5, 5.41) is 10.7. The third-order valence-corrected chi connectivity index (χ3v) is 3.18. The van der Waals surface area contributed by atoms with E-state index in [1.807, 2.05) is 12.1 Å². The highest BCUT2D eigenvalue weighted by Crippen LogP contribution is 2.42. The molecule has 1 aromatic rings. The molecule has 0 amide bonds. The molecule has 0 unspecified atom stereocenters. The first-order chi connectivity index (χ1) is 6.65. The average Bonchev–Trinajstić information content (AvgIpc) is 2.15. The number of benzene rings is 1. The van der Waals surface area contributed by atoms with Gasteiger partial charge in [-0.1, -0.05) is 17.7 Å². The predicted molar refractivity (Wildman–Crippen MR) is 55.8 cm³/mol. The molecule has 1 fully saturated rings. The van der Waals surface area contributed by atoms with Crippen molar-refractivity contribution < 1.29 is 9.84 Å². The van der Waals surface area contributed by atoms with E-state index in [1.165, 1.54) is 0 Å². The van der Waals surface area contributed by atoms with Crippen LogP contribution in [0.15, 0.2) is 18.2 Å². The van der Waals surface area contributed by atoms with Gasteiger partial charge in [0.05, 0.1) is 17.7 Å². The number of hydrogen-bond acceptors (Lipinski definition) is 2. The van der Waals surface area contributed by atoms with Gasteiger partial charge in [0, 0.05) is 0 Å².